The zero-order valence-corrected chi connectivity index (χ0v) is 12.1. The first-order chi connectivity index (χ1) is 9.52. The van der Waals surface area contributed by atoms with Crippen molar-refractivity contribution < 1.29 is 19.4 Å². The summed E-state index contributed by atoms with van der Waals surface area (Å²) >= 11 is 5.81. The Kier molecular flexibility index (Phi) is 6.87. The van der Waals surface area contributed by atoms with E-state index < -0.39 is 5.97 Å². The summed E-state index contributed by atoms with van der Waals surface area (Å²) < 4.78 is 5.41. The molecule has 0 fully saturated rings. The lowest BCUT2D eigenvalue weighted by Crippen LogP contribution is -2.36. The van der Waals surface area contributed by atoms with Crippen molar-refractivity contribution in [2.45, 2.75) is 19.8 Å². The number of carboxylic acids is 1. The number of amides is 1. The van der Waals surface area contributed by atoms with E-state index in [0.717, 1.165) is 0 Å². The highest BCUT2D eigenvalue weighted by atomic mass is 35.5. The largest absolute Gasteiger partial charge is 0.493 e. The second-order valence-corrected chi connectivity index (χ2v) is 4.70. The van der Waals surface area contributed by atoms with Gasteiger partial charge in [-0.25, -0.2) is 0 Å². The average molecular weight is 300 g/mol. The molecule has 5 nitrogen and oxygen atoms in total. The van der Waals surface area contributed by atoms with Crippen LogP contribution < -0.4 is 4.74 Å². The predicted molar refractivity (Wildman–Crippen MR) is 76.1 cm³/mol. The first kappa shape index (κ1) is 16.3. The molecule has 1 N–H and O–H groups in total. The highest BCUT2D eigenvalue weighted by Crippen LogP contribution is 2.17. The number of carbonyl (C=O) groups excluding carboxylic acids is 1. The lowest BCUT2D eigenvalue weighted by atomic mass is 10.3. The molecule has 0 aromatic heterocycles. The predicted octanol–water partition coefficient (Wildman–Crippen LogP) is 2.43. The van der Waals surface area contributed by atoms with Crippen LogP contribution in [0.1, 0.15) is 19.8 Å². The number of ether oxygens (including phenoxy) is 1. The number of carbonyl (C=O) groups is 2. The van der Waals surface area contributed by atoms with Crippen molar-refractivity contribution in [2.75, 3.05) is 19.7 Å². The molecule has 0 aliphatic rings. The first-order valence-electron chi connectivity index (χ1n) is 6.41. The zero-order valence-electron chi connectivity index (χ0n) is 11.3. The van der Waals surface area contributed by atoms with Crippen LogP contribution in [0.25, 0.3) is 0 Å². The topological polar surface area (TPSA) is 66.8 Å². The van der Waals surface area contributed by atoms with Gasteiger partial charge in [0.2, 0.25) is 5.91 Å². The van der Waals surface area contributed by atoms with Crippen molar-refractivity contribution in [2.24, 2.45) is 0 Å². The van der Waals surface area contributed by atoms with Gasteiger partial charge >= 0.3 is 5.97 Å². The lowest BCUT2D eigenvalue weighted by Gasteiger charge is -2.19. The summed E-state index contributed by atoms with van der Waals surface area (Å²) in [6.45, 7) is 2.25. The van der Waals surface area contributed by atoms with Crippen molar-refractivity contribution in [3.63, 3.8) is 0 Å². The van der Waals surface area contributed by atoms with Gasteiger partial charge in [-0.2, -0.15) is 0 Å². The fraction of sp³-hybridized carbons (Fsp3) is 0.429. The Balaban J connectivity index is 2.42. The Morgan fingerprint density at radius 1 is 1.40 bits per heavy atom. The number of benzene rings is 1. The Labute approximate surface area is 123 Å². The molecule has 0 heterocycles. The van der Waals surface area contributed by atoms with Gasteiger partial charge in [-0.3, -0.25) is 9.59 Å². The van der Waals surface area contributed by atoms with E-state index in [-0.39, 0.29) is 25.5 Å². The maximum Gasteiger partial charge on any atom is 0.323 e. The normalized spacial score (nSPS) is 10.1. The van der Waals surface area contributed by atoms with Gasteiger partial charge in [0.15, 0.2) is 0 Å². The van der Waals surface area contributed by atoms with E-state index in [2.05, 4.69) is 0 Å². The molecule has 0 aliphatic heterocycles. The Hall–Kier alpha value is -1.75. The molecule has 1 aromatic rings. The van der Waals surface area contributed by atoms with Crippen LogP contribution in [-0.4, -0.2) is 41.6 Å². The zero-order chi connectivity index (χ0) is 15.0. The molecule has 0 aliphatic carbocycles. The van der Waals surface area contributed by atoms with E-state index >= 15 is 0 Å². The van der Waals surface area contributed by atoms with Gasteiger partial charge in [-0.1, -0.05) is 24.6 Å². The van der Waals surface area contributed by atoms with E-state index in [4.69, 9.17) is 21.4 Å². The average Bonchev–Trinajstić information content (AvgIpc) is 2.37. The van der Waals surface area contributed by atoms with Crippen LogP contribution >= 0.6 is 11.6 Å². The molecular weight excluding hydrogens is 282 g/mol. The molecule has 0 unspecified atom stereocenters. The van der Waals surface area contributed by atoms with Gasteiger partial charge < -0.3 is 14.7 Å². The molecule has 1 aromatic carbocycles. The molecule has 0 saturated carbocycles. The number of hydrogen-bond donors (Lipinski definition) is 1. The van der Waals surface area contributed by atoms with Crippen LogP contribution in [0.2, 0.25) is 5.02 Å². The number of aliphatic carboxylic acids is 1. The van der Waals surface area contributed by atoms with Crippen LogP contribution in [0.3, 0.4) is 0 Å². The number of halogens is 1. The summed E-state index contributed by atoms with van der Waals surface area (Å²) in [7, 11) is 0. The number of hydrogen-bond acceptors (Lipinski definition) is 3. The van der Waals surface area contributed by atoms with E-state index in [1.54, 1.807) is 24.3 Å². The third-order valence-electron chi connectivity index (χ3n) is 2.55. The minimum Gasteiger partial charge on any atom is -0.493 e. The summed E-state index contributed by atoms with van der Waals surface area (Å²) in [4.78, 5) is 23.9. The monoisotopic (exact) mass is 299 g/mol. The van der Waals surface area contributed by atoms with E-state index in [0.29, 0.717) is 23.7 Å². The fourth-order valence-electron chi connectivity index (χ4n) is 1.70. The second kappa shape index (κ2) is 8.43. The van der Waals surface area contributed by atoms with E-state index in [1.807, 2.05) is 6.92 Å². The molecular formula is C14H18ClNO4. The van der Waals surface area contributed by atoms with Gasteiger partial charge in [0, 0.05) is 11.6 Å². The number of rotatable bonds is 8. The van der Waals surface area contributed by atoms with Gasteiger partial charge in [-0.15, -0.1) is 0 Å². The maximum atomic E-state index is 11.9. The molecule has 0 radical (unpaired) electrons. The Morgan fingerprint density at radius 3 is 2.75 bits per heavy atom. The quantitative estimate of drug-likeness (QED) is 0.800. The molecule has 6 heteroatoms. The molecule has 0 spiro atoms. The van der Waals surface area contributed by atoms with Gasteiger partial charge in [0.05, 0.1) is 13.0 Å². The summed E-state index contributed by atoms with van der Waals surface area (Å²) in [6, 6.07) is 6.90. The molecule has 110 valence electrons. The fourth-order valence-corrected chi connectivity index (χ4v) is 1.88. The van der Waals surface area contributed by atoms with Crippen molar-refractivity contribution >= 4 is 23.5 Å². The Morgan fingerprint density at radius 2 is 2.15 bits per heavy atom. The van der Waals surface area contributed by atoms with Crippen molar-refractivity contribution in [1.29, 1.82) is 0 Å². The molecule has 0 bridgehead atoms. The first-order valence-corrected chi connectivity index (χ1v) is 6.78. The highest BCUT2D eigenvalue weighted by Gasteiger charge is 2.15. The van der Waals surface area contributed by atoms with E-state index in [9.17, 15) is 9.59 Å². The molecule has 1 rings (SSSR count). The minimum atomic E-state index is -1.01. The van der Waals surface area contributed by atoms with Crippen molar-refractivity contribution in [3.8, 4) is 5.75 Å². The Bertz CT molecular complexity index is 464. The van der Waals surface area contributed by atoms with Gasteiger partial charge in [0.25, 0.3) is 0 Å². The highest BCUT2D eigenvalue weighted by molar-refractivity contribution is 6.30. The standard InChI is InChI=1S/C14H18ClNO4/c1-2-7-16(10-14(18)19)13(17)6-8-20-12-5-3-4-11(15)9-12/h3-5,9H,2,6-8,10H2,1H3,(H,18,19). The third-order valence-corrected chi connectivity index (χ3v) is 2.79. The molecule has 20 heavy (non-hydrogen) atoms. The third kappa shape index (κ3) is 5.93. The summed E-state index contributed by atoms with van der Waals surface area (Å²) in [5.74, 6) is -0.649. The van der Waals surface area contributed by atoms with Crippen LogP contribution in [0.5, 0.6) is 5.75 Å². The van der Waals surface area contributed by atoms with Crippen molar-refractivity contribution in [1.82, 2.24) is 4.90 Å². The number of carboxylic acid groups (broad SMARTS) is 1. The van der Waals surface area contributed by atoms with Crippen LogP contribution in [0, 0.1) is 0 Å². The smallest absolute Gasteiger partial charge is 0.323 e. The second-order valence-electron chi connectivity index (χ2n) is 4.26. The summed E-state index contributed by atoms with van der Waals surface area (Å²) in [5, 5.41) is 9.32. The SMILES string of the molecule is CCCN(CC(=O)O)C(=O)CCOc1cccc(Cl)c1. The van der Waals surface area contributed by atoms with Crippen molar-refractivity contribution in [3.05, 3.63) is 29.3 Å². The summed E-state index contributed by atoms with van der Waals surface area (Å²) in [6.07, 6.45) is 0.855. The van der Waals surface area contributed by atoms with Crippen LogP contribution in [0.4, 0.5) is 0 Å². The molecule has 0 saturated heterocycles. The summed E-state index contributed by atoms with van der Waals surface area (Å²) in [5.41, 5.74) is 0. The lowest BCUT2D eigenvalue weighted by molar-refractivity contribution is -0.144. The van der Waals surface area contributed by atoms with Crippen LogP contribution in [-0.2, 0) is 9.59 Å². The number of nitrogens with zero attached hydrogens (tertiary/aromatic N) is 1. The minimum absolute atomic E-state index is 0.139. The molecule has 0 atom stereocenters. The van der Waals surface area contributed by atoms with Gasteiger partial charge in [0.1, 0.15) is 12.3 Å². The van der Waals surface area contributed by atoms with Crippen LogP contribution in [0.15, 0.2) is 24.3 Å². The molecule has 1 amide bonds. The maximum absolute atomic E-state index is 11.9. The van der Waals surface area contributed by atoms with Gasteiger partial charge in [-0.05, 0) is 24.6 Å². The van der Waals surface area contributed by atoms with E-state index in [1.165, 1.54) is 4.90 Å².